The maximum absolute atomic E-state index is 12.6. The molecule has 0 radical (unpaired) electrons. The van der Waals surface area contributed by atoms with Gasteiger partial charge in [-0.1, -0.05) is 25.7 Å². The topological polar surface area (TPSA) is 58.4 Å². The minimum Gasteiger partial charge on any atom is -0.352 e. The smallest absolute Gasteiger partial charge is 0.225 e. The summed E-state index contributed by atoms with van der Waals surface area (Å²) in [5.74, 6) is 1.11. The molecule has 3 rings (SSSR count). The molecule has 4 nitrogen and oxygen atoms in total. The minimum absolute atomic E-state index is 0. The van der Waals surface area contributed by atoms with Crippen LogP contribution in [0, 0.1) is 11.8 Å². The molecule has 2 aliphatic carbocycles. The zero-order valence-corrected chi connectivity index (χ0v) is 16.6. The predicted molar refractivity (Wildman–Crippen MR) is 104 cm³/mol. The number of rotatable bonds is 4. The van der Waals surface area contributed by atoms with Crippen LogP contribution < -0.4 is 11.1 Å². The molecular weight excluding hydrogens is 345 g/mol. The van der Waals surface area contributed by atoms with E-state index in [-0.39, 0.29) is 42.2 Å². The van der Waals surface area contributed by atoms with Gasteiger partial charge in [-0.3, -0.25) is 4.79 Å². The molecule has 3 unspecified atom stereocenters. The number of nitrogens with one attached hydrogen (secondary N) is 1. The third-order valence-electron chi connectivity index (χ3n) is 6.18. The normalized spacial score (nSPS) is 34.4. The molecule has 1 saturated heterocycles. The van der Waals surface area contributed by atoms with Gasteiger partial charge in [0.25, 0.3) is 0 Å². The maximum Gasteiger partial charge on any atom is 0.225 e. The molecule has 6 heteroatoms. The second kappa shape index (κ2) is 9.61. The second-order valence-corrected chi connectivity index (χ2v) is 8.21. The van der Waals surface area contributed by atoms with Crippen LogP contribution in [0.5, 0.6) is 0 Å². The lowest BCUT2D eigenvalue weighted by atomic mass is 9.74. The van der Waals surface area contributed by atoms with Crippen LogP contribution in [-0.2, 0) is 4.79 Å². The number of carbonyl (C=O) groups is 1. The average molecular weight is 380 g/mol. The molecule has 24 heavy (non-hydrogen) atoms. The number of likely N-dealkylation sites (tertiary alicyclic amines) is 1. The molecule has 1 aliphatic heterocycles. The van der Waals surface area contributed by atoms with Crippen LogP contribution in [-0.4, -0.2) is 42.0 Å². The summed E-state index contributed by atoms with van der Waals surface area (Å²) in [5.41, 5.74) is 6.05. The summed E-state index contributed by atoms with van der Waals surface area (Å²) < 4.78 is 0. The van der Waals surface area contributed by atoms with Gasteiger partial charge in [-0.15, -0.1) is 24.8 Å². The van der Waals surface area contributed by atoms with Crippen molar-refractivity contribution < 1.29 is 4.79 Å². The highest BCUT2D eigenvalue weighted by atomic mass is 35.5. The van der Waals surface area contributed by atoms with Crippen molar-refractivity contribution in [3.63, 3.8) is 0 Å². The SMILES string of the molecule is CC1(N)CCCCC1C(=O)NC1CCN(CC2CCCC2)C1.Cl.Cl. The molecule has 142 valence electrons. The van der Waals surface area contributed by atoms with E-state index < -0.39 is 0 Å². The van der Waals surface area contributed by atoms with Gasteiger partial charge in [0.2, 0.25) is 5.91 Å². The van der Waals surface area contributed by atoms with Crippen LogP contribution in [0.1, 0.15) is 64.7 Å². The van der Waals surface area contributed by atoms with E-state index in [9.17, 15) is 4.79 Å². The van der Waals surface area contributed by atoms with E-state index in [1.807, 2.05) is 0 Å². The van der Waals surface area contributed by atoms with E-state index in [1.54, 1.807) is 0 Å². The molecule has 0 spiro atoms. The van der Waals surface area contributed by atoms with E-state index in [1.165, 1.54) is 32.2 Å². The molecule has 0 aromatic rings. The number of halogens is 2. The Bertz CT molecular complexity index is 400. The van der Waals surface area contributed by atoms with Gasteiger partial charge in [0.1, 0.15) is 0 Å². The van der Waals surface area contributed by atoms with Gasteiger partial charge in [0.15, 0.2) is 0 Å². The Morgan fingerprint density at radius 3 is 2.46 bits per heavy atom. The average Bonchev–Trinajstić information content (AvgIpc) is 3.11. The highest BCUT2D eigenvalue weighted by Crippen LogP contribution is 2.32. The van der Waals surface area contributed by atoms with E-state index in [2.05, 4.69) is 17.1 Å². The number of hydrogen-bond donors (Lipinski definition) is 2. The third kappa shape index (κ3) is 5.48. The van der Waals surface area contributed by atoms with Crippen LogP contribution in [0.4, 0.5) is 0 Å². The lowest BCUT2D eigenvalue weighted by Crippen LogP contribution is -2.54. The van der Waals surface area contributed by atoms with E-state index in [0.29, 0.717) is 6.04 Å². The zero-order chi connectivity index (χ0) is 15.6. The van der Waals surface area contributed by atoms with Gasteiger partial charge in [0, 0.05) is 31.2 Å². The van der Waals surface area contributed by atoms with Crippen molar-refractivity contribution in [2.75, 3.05) is 19.6 Å². The van der Waals surface area contributed by atoms with Gasteiger partial charge in [-0.05, 0) is 44.9 Å². The number of nitrogens with zero attached hydrogens (tertiary/aromatic N) is 1. The maximum atomic E-state index is 12.6. The lowest BCUT2D eigenvalue weighted by Gasteiger charge is -2.37. The fourth-order valence-electron chi connectivity index (χ4n) is 4.77. The summed E-state index contributed by atoms with van der Waals surface area (Å²) in [6.07, 6.45) is 11.0. The standard InChI is InChI=1S/C18H33N3O.2ClH/c1-18(19)10-5-4-8-16(18)17(22)20-15-9-11-21(13-15)12-14-6-2-3-7-14;;/h14-16H,2-13,19H2,1H3,(H,20,22);2*1H. The first kappa shape index (κ1) is 22.0. The largest absolute Gasteiger partial charge is 0.352 e. The molecule has 3 fully saturated rings. The van der Waals surface area contributed by atoms with E-state index >= 15 is 0 Å². The van der Waals surface area contributed by atoms with Crippen molar-refractivity contribution in [1.82, 2.24) is 10.2 Å². The van der Waals surface area contributed by atoms with Crippen molar-refractivity contribution in [3.05, 3.63) is 0 Å². The Balaban J connectivity index is 0.00000144. The Morgan fingerprint density at radius 1 is 1.12 bits per heavy atom. The molecule has 1 amide bonds. The zero-order valence-electron chi connectivity index (χ0n) is 15.0. The monoisotopic (exact) mass is 379 g/mol. The summed E-state index contributed by atoms with van der Waals surface area (Å²) in [7, 11) is 0. The molecular formula is C18H35Cl2N3O. The Morgan fingerprint density at radius 2 is 1.79 bits per heavy atom. The van der Waals surface area contributed by atoms with Gasteiger partial charge >= 0.3 is 0 Å². The van der Waals surface area contributed by atoms with Gasteiger partial charge in [-0.2, -0.15) is 0 Å². The molecule has 3 atom stereocenters. The minimum atomic E-state index is -0.315. The van der Waals surface area contributed by atoms with Crippen molar-refractivity contribution in [2.24, 2.45) is 17.6 Å². The van der Waals surface area contributed by atoms with Crippen molar-refractivity contribution >= 4 is 30.7 Å². The fraction of sp³-hybridized carbons (Fsp3) is 0.944. The first-order valence-corrected chi connectivity index (χ1v) is 9.36. The van der Waals surface area contributed by atoms with E-state index in [0.717, 1.165) is 51.1 Å². The molecule has 1 heterocycles. The van der Waals surface area contributed by atoms with Crippen molar-refractivity contribution in [3.8, 4) is 0 Å². The number of hydrogen-bond acceptors (Lipinski definition) is 3. The molecule has 3 aliphatic rings. The summed E-state index contributed by atoms with van der Waals surface area (Å²) in [4.78, 5) is 15.2. The van der Waals surface area contributed by atoms with Gasteiger partial charge in [0.05, 0.1) is 5.92 Å². The molecule has 2 saturated carbocycles. The van der Waals surface area contributed by atoms with E-state index in [4.69, 9.17) is 5.73 Å². The molecule has 0 aromatic carbocycles. The van der Waals surface area contributed by atoms with Crippen LogP contribution in [0.15, 0.2) is 0 Å². The van der Waals surface area contributed by atoms with Crippen molar-refractivity contribution in [2.45, 2.75) is 76.3 Å². The summed E-state index contributed by atoms with van der Waals surface area (Å²) in [5, 5.41) is 3.30. The highest BCUT2D eigenvalue weighted by Gasteiger charge is 2.39. The second-order valence-electron chi connectivity index (χ2n) is 8.21. The number of nitrogens with two attached hydrogens (primary N) is 1. The Kier molecular flexibility index (Phi) is 8.81. The lowest BCUT2D eigenvalue weighted by molar-refractivity contribution is -0.128. The summed E-state index contributed by atoms with van der Waals surface area (Å²) in [6.45, 7) is 5.48. The van der Waals surface area contributed by atoms with Gasteiger partial charge < -0.3 is 16.0 Å². The first-order valence-electron chi connectivity index (χ1n) is 9.36. The molecule has 0 aromatic heterocycles. The number of amides is 1. The highest BCUT2D eigenvalue weighted by molar-refractivity contribution is 5.85. The Labute approximate surface area is 159 Å². The number of carbonyl (C=O) groups excluding carboxylic acids is 1. The summed E-state index contributed by atoms with van der Waals surface area (Å²) >= 11 is 0. The van der Waals surface area contributed by atoms with Crippen LogP contribution in [0.3, 0.4) is 0 Å². The van der Waals surface area contributed by atoms with Crippen molar-refractivity contribution in [1.29, 1.82) is 0 Å². The van der Waals surface area contributed by atoms with Crippen LogP contribution in [0.25, 0.3) is 0 Å². The van der Waals surface area contributed by atoms with Crippen LogP contribution in [0.2, 0.25) is 0 Å². The third-order valence-corrected chi connectivity index (χ3v) is 6.18. The first-order chi connectivity index (χ1) is 10.5. The van der Waals surface area contributed by atoms with Gasteiger partial charge in [-0.25, -0.2) is 0 Å². The van der Waals surface area contributed by atoms with Crippen LogP contribution >= 0.6 is 24.8 Å². The summed E-state index contributed by atoms with van der Waals surface area (Å²) in [6, 6.07) is 0.339. The molecule has 0 bridgehead atoms. The quantitative estimate of drug-likeness (QED) is 0.788. The predicted octanol–water partition coefficient (Wildman–Crippen LogP) is 3.12. The molecule has 3 N–H and O–H groups in total. The fourth-order valence-corrected chi connectivity index (χ4v) is 4.77. The Hall–Kier alpha value is -0.0300.